The third-order valence-corrected chi connectivity index (χ3v) is 5.72. The monoisotopic (exact) mass is 430 g/mol. The maximum absolute atomic E-state index is 13.5. The zero-order valence-corrected chi connectivity index (χ0v) is 18.5. The molecule has 0 spiro atoms. The van der Waals surface area contributed by atoms with Crippen LogP contribution in [0.2, 0.25) is 5.02 Å². The molecule has 0 atom stereocenters. The van der Waals surface area contributed by atoms with Crippen LogP contribution < -0.4 is 10.5 Å². The summed E-state index contributed by atoms with van der Waals surface area (Å²) >= 11 is 6.00. The van der Waals surface area contributed by atoms with E-state index in [0.717, 1.165) is 33.3 Å². The number of nitrogens with one attached hydrogen (secondary N) is 1. The van der Waals surface area contributed by atoms with E-state index < -0.39 is 0 Å². The van der Waals surface area contributed by atoms with Gasteiger partial charge in [-0.15, -0.1) is 0 Å². The summed E-state index contributed by atoms with van der Waals surface area (Å²) < 4.78 is 0. The van der Waals surface area contributed by atoms with Crippen molar-refractivity contribution >= 4 is 34.1 Å². The fourth-order valence-electron chi connectivity index (χ4n) is 3.84. The van der Waals surface area contributed by atoms with Crippen LogP contribution in [0, 0.1) is 20.8 Å². The van der Waals surface area contributed by atoms with Crippen molar-refractivity contribution in [3.05, 3.63) is 110 Å². The number of nitrogens with zero attached hydrogens (tertiary/aromatic N) is 1. The first-order valence-electron chi connectivity index (χ1n) is 10.1. The Kier molecular flexibility index (Phi) is 5.66. The molecule has 1 amide bonds. The zero-order valence-electron chi connectivity index (χ0n) is 17.7. The maximum Gasteiger partial charge on any atom is 0.258 e. The first-order chi connectivity index (χ1) is 14.8. The Hall–Kier alpha value is -3.37. The lowest BCUT2D eigenvalue weighted by Crippen LogP contribution is -2.33. The number of H-pyrrole nitrogens is 1. The number of para-hydroxylation sites is 1. The molecule has 0 aliphatic heterocycles. The van der Waals surface area contributed by atoms with E-state index in [2.05, 4.69) is 4.98 Å². The second-order valence-electron chi connectivity index (χ2n) is 7.85. The lowest BCUT2D eigenvalue weighted by molar-refractivity contribution is 0.0985. The molecule has 1 N–H and O–H groups in total. The summed E-state index contributed by atoms with van der Waals surface area (Å²) in [4.78, 5) is 31.0. The molecule has 5 heteroatoms. The van der Waals surface area contributed by atoms with Crippen molar-refractivity contribution in [3.8, 4) is 0 Å². The molecule has 0 unspecified atom stereocenters. The summed E-state index contributed by atoms with van der Waals surface area (Å²) in [7, 11) is 0. The molecule has 4 aromatic rings. The van der Waals surface area contributed by atoms with Crippen LogP contribution in [0.15, 0.2) is 71.5 Å². The molecule has 0 aliphatic carbocycles. The molecule has 3 aromatic carbocycles. The quantitative estimate of drug-likeness (QED) is 0.434. The van der Waals surface area contributed by atoms with Gasteiger partial charge in [-0.25, -0.2) is 0 Å². The fourth-order valence-corrected chi connectivity index (χ4v) is 3.97. The first kappa shape index (κ1) is 20.9. The highest BCUT2D eigenvalue weighted by molar-refractivity contribution is 6.30. The average Bonchev–Trinajstić information content (AvgIpc) is 2.74. The maximum atomic E-state index is 13.5. The number of aromatic nitrogens is 1. The summed E-state index contributed by atoms with van der Waals surface area (Å²) in [6.07, 6.45) is 0. The van der Waals surface area contributed by atoms with Crippen molar-refractivity contribution in [1.82, 2.24) is 4.98 Å². The van der Waals surface area contributed by atoms with Gasteiger partial charge >= 0.3 is 0 Å². The molecule has 0 aliphatic rings. The minimum Gasteiger partial charge on any atom is -0.321 e. The van der Waals surface area contributed by atoms with Crippen LogP contribution in [0.25, 0.3) is 10.9 Å². The molecule has 0 bridgehead atoms. The standard InChI is InChI=1S/C26H23ClN2O2/c1-16-7-12-23(18(3)13-16)29(26(31)19-8-10-22(27)11-9-19)15-21-14-20-6-4-5-17(2)24(20)28-25(21)30/h4-14H,15H2,1-3H3,(H,28,30). The van der Waals surface area contributed by atoms with Gasteiger partial charge in [-0.2, -0.15) is 0 Å². The summed E-state index contributed by atoms with van der Waals surface area (Å²) in [6, 6.07) is 20.5. The van der Waals surface area contributed by atoms with Gasteiger partial charge in [-0.1, -0.05) is 47.5 Å². The van der Waals surface area contributed by atoms with E-state index in [1.807, 2.05) is 63.2 Å². The average molecular weight is 431 g/mol. The van der Waals surface area contributed by atoms with Crippen molar-refractivity contribution in [2.75, 3.05) is 4.90 Å². The topological polar surface area (TPSA) is 53.2 Å². The van der Waals surface area contributed by atoms with Crippen LogP contribution in [0.5, 0.6) is 0 Å². The molecule has 1 heterocycles. The highest BCUT2D eigenvalue weighted by atomic mass is 35.5. The van der Waals surface area contributed by atoms with E-state index in [4.69, 9.17) is 11.6 Å². The van der Waals surface area contributed by atoms with Crippen LogP contribution in [0.3, 0.4) is 0 Å². The lowest BCUT2D eigenvalue weighted by Gasteiger charge is -2.25. The van der Waals surface area contributed by atoms with Crippen molar-refractivity contribution < 1.29 is 4.79 Å². The predicted molar refractivity (Wildman–Crippen MR) is 127 cm³/mol. The van der Waals surface area contributed by atoms with Gasteiger partial charge in [0, 0.05) is 21.8 Å². The minimum atomic E-state index is -0.194. The Morgan fingerprint density at radius 1 is 0.935 bits per heavy atom. The lowest BCUT2D eigenvalue weighted by atomic mass is 10.1. The van der Waals surface area contributed by atoms with Crippen LogP contribution in [-0.4, -0.2) is 10.9 Å². The summed E-state index contributed by atoms with van der Waals surface area (Å²) in [5.74, 6) is -0.188. The van der Waals surface area contributed by atoms with Gasteiger partial charge < -0.3 is 9.88 Å². The Bertz CT molecular complexity index is 1340. The van der Waals surface area contributed by atoms with Crippen molar-refractivity contribution in [3.63, 3.8) is 0 Å². The minimum absolute atomic E-state index is 0.157. The number of hydrogen-bond donors (Lipinski definition) is 1. The fraction of sp³-hybridized carbons (Fsp3) is 0.154. The van der Waals surface area contributed by atoms with Crippen LogP contribution in [-0.2, 0) is 6.54 Å². The molecule has 4 rings (SSSR count). The summed E-state index contributed by atoms with van der Waals surface area (Å²) in [6.45, 7) is 6.10. The molecule has 31 heavy (non-hydrogen) atoms. The number of aromatic amines is 1. The zero-order chi connectivity index (χ0) is 22.1. The van der Waals surface area contributed by atoms with Crippen LogP contribution >= 0.6 is 11.6 Å². The number of benzene rings is 3. The Morgan fingerprint density at radius 2 is 1.68 bits per heavy atom. The SMILES string of the molecule is Cc1ccc(N(Cc2cc3cccc(C)c3[nH]c2=O)C(=O)c2ccc(Cl)cc2)c(C)c1. The molecular weight excluding hydrogens is 408 g/mol. The van der Waals surface area contributed by atoms with Crippen LogP contribution in [0.4, 0.5) is 5.69 Å². The Balaban J connectivity index is 1.82. The van der Waals surface area contributed by atoms with Gasteiger partial charge in [0.25, 0.3) is 11.5 Å². The van der Waals surface area contributed by atoms with E-state index in [-0.39, 0.29) is 18.0 Å². The van der Waals surface area contributed by atoms with Crippen molar-refractivity contribution in [1.29, 1.82) is 0 Å². The number of hydrogen-bond acceptors (Lipinski definition) is 2. The number of halogens is 1. The molecule has 156 valence electrons. The number of aryl methyl sites for hydroxylation is 3. The molecule has 0 radical (unpaired) electrons. The number of anilines is 1. The van der Waals surface area contributed by atoms with E-state index >= 15 is 0 Å². The van der Waals surface area contributed by atoms with Gasteiger partial charge in [0.05, 0.1) is 12.1 Å². The predicted octanol–water partition coefficient (Wildman–Crippen LogP) is 5.95. The highest BCUT2D eigenvalue weighted by Crippen LogP contribution is 2.26. The first-order valence-corrected chi connectivity index (χ1v) is 10.5. The second kappa shape index (κ2) is 8.40. The van der Waals surface area contributed by atoms with E-state index in [0.29, 0.717) is 16.1 Å². The smallest absolute Gasteiger partial charge is 0.258 e. The molecule has 4 nitrogen and oxygen atoms in total. The Labute approximate surface area is 186 Å². The normalized spacial score (nSPS) is 11.0. The van der Waals surface area contributed by atoms with Crippen molar-refractivity contribution in [2.45, 2.75) is 27.3 Å². The molecule has 0 saturated carbocycles. The van der Waals surface area contributed by atoms with Crippen LogP contribution in [0.1, 0.15) is 32.6 Å². The van der Waals surface area contributed by atoms with E-state index in [9.17, 15) is 9.59 Å². The van der Waals surface area contributed by atoms with Gasteiger partial charge in [-0.3, -0.25) is 9.59 Å². The van der Waals surface area contributed by atoms with Crippen molar-refractivity contribution in [2.24, 2.45) is 0 Å². The molecule has 0 fully saturated rings. The number of pyridine rings is 1. The van der Waals surface area contributed by atoms with E-state index in [1.54, 1.807) is 29.2 Å². The third kappa shape index (κ3) is 4.25. The molecule has 1 aromatic heterocycles. The number of rotatable bonds is 4. The highest BCUT2D eigenvalue weighted by Gasteiger charge is 2.21. The number of fused-ring (bicyclic) bond motifs is 1. The molecular formula is C26H23ClN2O2. The third-order valence-electron chi connectivity index (χ3n) is 5.47. The second-order valence-corrected chi connectivity index (χ2v) is 8.29. The molecule has 0 saturated heterocycles. The Morgan fingerprint density at radius 3 is 2.39 bits per heavy atom. The largest absolute Gasteiger partial charge is 0.321 e. The summed E-state index contributed by atoms with van der Waals surface area (Å²) in [5.41, 5.74) is 5.52. The van der Waals surface area contributed by atoms with E-state index in [1.165, 1.54) is 0 Å². The number of amides is 1. The summed E-state index contributed by atoms with van der Waals surface area (Å²) in [5, 5.41) is 1.50. The van der Waals surface area contributed by atoms with Gasteiger partial charge in [-0.05, 0) is 73.7 Å². The number of carbonyl (C=O) groups is 1. The van der Waals surface area contributed by atoms with Gasteiger partial charge in [0.15, 0.2) is 0 Å². The van der Waals surface area contributed by atoms with Gasteiger partial charge in [0.1, 0.15) is 0 Å². The van der Waals surface area contributed by atoms with Gasteiger partial charge in [0.2, 0.25) is 0 Å². The number of carbonyl (C=O) groups excluding carboxylic acids is 1.